The number of hydrogen-bond donors (Lipinski definition) is 3. The van der Waals surface area contributed by atoms with Crippen molar-refractivity contribution < 1.29 is 19.4 Å². The summed E-state index contributed by atoms with van der Waals surface area (Å²) in [4.78, 5) is 27.2. The van der Waals surface area contributed by atoms with Crippen LogP contribution in [0.15, 0.2) is 34.8 Å². The van der Waals surface area contributed by atoms with Gasteiger partial charge in [-0.05, 0) is 68.9 Å². The number of aromatic nitrogens is 5. The molecule has 0 spiro atoms. The Morgan fingerprint density at radius 3 is 2.64 bits per heavy atom. The van der Waals surface area contributed by atoms with Gasteiger partial charge in [-0.2, -0.15) is 0 Å². The van der Waals surface area contributed by atoms with Crippen molar-refractivity contribution in [3.63, 3.8) is 0 Å². The molecule has 0 fully saturated rings. The topological polar surface area (TPSA) is 135 Å². The van der Waals surface area contributed by atoms with Gasteiger partial charge in [0.1, 0.15) is 12.6 Å². The van der Waals surface area contributed by atoms with Crippen LogP contribution < -0.4 is 5.32 Å². The Labute approximate surface area is 215 Å². The van der Waals surface area contributed by atoms with Gasteiger partial charge in [-0.1, -0.05) is 38.1 Å². The van der Waals surface area contributed by atoms with E-state index in [1.807, 2.05) is 19.1 Å². The fourth-order valence-electron chi connectivity index (χ4n) is 4.70. The van der Waals surface area contributed by atoms with Gasteiger partial charge in [-0.25, -0.2) is 14.3 Å². The number of fused-ring (bicyclic) bond motifs is 5. The molecule has 2 atom stereocenters. The molecule has 186 valence electrons. The van der Waals surface area contributed by atoms with Crippen LogP contribution in [0, 0.1) is 12.8 Å². The maximum atomic E-state index is 12.3. The summed E-state index contributed by atoms with van der Waals surface area (Å²) in [5, 5.41) is 25.3. The van der Waals surface area contributed by atoms with E-state index in [-0.39, 0.29) is 12.5 Å². The molecule has 3 N–H and O–H groups in total. The van der Waals surface area contributed by atoms with E-state index >= 15 is 0 Å². The third-order valence-electron chi connectivity index (χ3n) is 6.51. The van der Waals surface area contributed by atoms with Gasteiger partial charge in [-0.3, -0.25) is 0 Å². The Kier molecular flexibility index (Phi) is 6.03. The lowest BCUT2D eigenvalue weighted by Crippen LogP contribution is -2.44. The van der Waals surface area contributed by atoms with Gasteiger partial charge in [0, 0.05) is 22.0 Å². The summed E-state index contributed by atoms with van der Waals surface area (Å²) in [5.41, 5.74) is 7.05. The lowest BCUT2D eigenvalue weighted by atomic mass is 9.91. The summed E-state index contributed by atoms with van der Waals surface area (Å²) < 4.78 is 7.96. The van der Waals surface area contributed by atoms with Crippen LogP contribution >= 0.6 is 15.9 Å². The lowest BCUT2D eigenvalue weighted by molar-refractivity contribution is -0.140. The molecule has 36 heavy (non-hydrogen) atoms. The summed E-state index contributed by atoms with van der Waals surface area (Å²) in [6, 6.07) is 8.82. The number of carbonyl (C=O) groups is 2. The standard InChI is InChI=1S/C25H25BrN6O4/c1-11(2)21(24(33)34)28-25(35)36-10-13(4)32-23(29-30-31-32)18-14-6-5-7-15(18)22-20(26)19-16(27-22)9-8-12(3)17(14)19/h5-9,11,13,21,27H,10H2,1-4H3,(H,28,35)(H,33,34)/t13?,21-/m0/s1. The molecule has 10 nitrogen and oxygen atoms in total. The SMILES string of the molecule is Cc1ccc2[nH]c3c(Br)c2c1-c1cccc-3c1-c1nnnn1C(C)COC(=O)N[C@H](C(=O)O)C(C)C. The Morgan fingerprint density at radius 2 is 1.92 bits per heavy atom. The minimum atomic E-state index is -1.11. The first-order chi connectivity index (χ1) is 17.2. The summed E-state index contributed by atoms with van der Waals surface area (Å²) in [6.07, 6.45) is -0.804. The molecule has 4 aromatic rings. The van der Waals surface area contributed by atoms with E-state index in [1.54, 1.807) is 18.5 Å². The van der Waals surface area contributed by atoms with E-state index in [1.165, 1.54) is 0 Å². The van der Waals surface area contributed by atoms with Crippen molar-refractivity contribution in [1.29, 1.82) is 0 Å². The van der Waals surface area contributed by atoms with Crippen molar-refractivity contribution in [3.8, 4) is 33.8 Å². The second-order valence-corrected chi connectivity index (χ2v) is 10.1. The second kappa shape index (κ2) is 9.05. The summed E-state index contributed by atoms with van der Waals surface area (Å²) >= 11 is 3.80. The number of carboxylic acids is 1. The van der Waals surface area contributed by atoms with E-state index in [4.69, 9.17) is 4.74 Å². The third-order valence-corrected chi connectivity index (χ3v) is 7.30. The highest BCUT2D eigenvalue weighted by Gasteiger charge is 2.30. The molecule has 0 radical (unpaired) electrons. The molecular formula is C25H25BrN6O4. The minimum Gasteiger partial charge on any atom is -0.480 e. The molecule has 0 saturated carbocycles. The van der Waals surface area contributed by atoms with E-state index in [9.17, 15) is 14.7 Å². The van der Waals surface area contributed by atoms with Crippen LogP contribution in [-0.2, 0) is 9.53 Å². The van der Waals surface area contributed by atoms with Gasteiger partial charge in [0.2, 0.25) is 0 Å². The number of rotatable bonds is 7. The number of carboxylic acid groups (broad SMARTS) is 1. The van der Waals surface area contributed by atoms with Crippen molar-refractivity contribution in [3.05, 3.63) is 40.4 Å². The number of aliphatic carboxylic acids is 1. The highest BCUT2D eigenvalue weighted by atomic mass is 79.9. The predicted octanol–water partition coefficient (Wildman–Crippen LogP) is 4.94. The Morgan fingerprint density at radius 1 is 1.17 bits per heavy atom. The molecule has 2 heterocycles. The normalized spacial score (nSPS) is 13.6. The van der Waals surface area contributed by atoms with Gasteiger partial charge < -0.3 is 20.1 Å². The number of aromatic amines is 1. The largest absolute Gasteiger partial charge is 0.480 e. The zero-order valence-corrected chi connectivity index (χ0v) is 21.8. The van der Waals surface area contributed by atoms with Crippen molar-refractivity contribution in [2.75, 3.05) is 6.61 Å². The molecule has 4 bridgehead atoms. The first-order valence-corrected chi connectivity index (χ1v) is 12.4. The Hall–Kier alpha value is -3.73. The monoisotopic (exact) mass is 552 g/mol. The first-order valence-electron chi connectivity index (χ1n) is 11.6. The van der Waals surface area contributed by atoms with Crippen molar-refractivity contribution in [1.82, 2.24) is 30.5 Å². The number of nitrogens with one attached hydrogen (secondary N) is 2. The average molecular weight is 553 g/mol. The summed E-state index contributed by atoms with van der Waals surface area (Å²) in [6.45, 7) is 7.29. The van der Waals surface area contributed by atoms with Crippen LogP contribution in [-0.4, -0.2) is 55.0 Å². The zero-order valence-electron chi connectivity index (χ0n) is 20.2. The van der Waals surface area contributed by atoms with Gasteiger partial charge in [-0.15, -0.1) is 5.10 Å². The number of H-pyrrole nitrogens is 1. The van der Waals surface area contributed by atoms with Gasteiger partial charge in [0.25, 0.3) is 0 Å². The molecule has 5 rings (SSSR count). The van der Waals surface area contributed by atoms with E-state index < -0.39 is 24.1 Å². The molecule has 1 unspecified atom stereocenters. The highest BCUT2D eigenvalue weighted by molar-refractivity contribution is 9.10. The molecule has 0 saturated heterocycles. The smallest absolute Gasteiger partial charge is 0.407 e. The predicted molar refractivity (Wildman–Crippen MR) is 137 cm³/mol. The van der Waals surface area contributed by atoms with Crippen molar-refractivity contribution in [2.45, 2.75) is 39.8 Å². The second-order valence-electron chi connectivity index (χ2n) is 9.32. The van der Waals surface area contributed by atoms with Crippen LogP contribution in [0.5, 0.6) is 0 Å². The molecule has 1 aliphatic rings. The minimum absolute atomic E-state index is 0.0454. The molecule has 1 amide bonds. The molecule has 2 aromatic heterocycles. The number of hydrogen-bond acceptors (Lipinski definition) is 6. The first kappa shape index (κ1) is 24.0. The van der Waals surface area contributed by atoms with Crippen LogP contribution in [0.2, 0.25) is 0 Å². The van der Waals surface area contributed by atoms with Crippen LogP contribution in [0.3, 0.4) is 0 Å². The number of amides is 1. The van der Waals surface area contributed by atoms with Gasteiger partial charge >= 0.3 is 12.1 Å². The number of carbonyl (C=O) groups excluding carboxylic acids is 1. The fraction of sp³-hybridized carbons (Fsp3) is 0.320. The Bertz CT molecular complexity index is 1510. The number of alkyl carbamates (subject to hydrolysis) is 1. The van der Waals surface area contributed by atoms with E-state index in [0.29, 0.717) is 5.82 Å². The third kappa shape index (κ3) is 3.83. The zero-order chi connectivity index (χ0) is 25.7. The molecule has 0 aliphatic heterocycles. The number of aryl methyl sites for hydroxylation is 1. The quantitative estimate of drug-likeness (QED) is 0.260. The fourth-order valence-corrected chi connectivity index (χ4v) is 5.42. The maximum Gasteiger partial charge on any atom is 0.407 e. The average Bonchev–Trinajstić information content (AvgIpc) is 3.44. The Balaban J connectivity index is 1.48. The van der Waals surface area contributed by atoms with Crippen LogP contribution in [0.1, 0.15) is 32.4 Å². The number of benzene rings is 2. The highest BCUT2D eigenvalue weighted by Crippen LogP contribution is 2.50. The molecule has 2 aromatic carbocycles. The summed E-state index contributed by atoms with van der Waals surface area (Å²) in [5.74, 6) is -0.860. The maximum absolute atomic E-state index is 12.3. The molecule has 1 aliphatic carbocycles. The number of ether oxygens (including phenoxy) is 1. The van der Waals surface area contributed by atoms with E-state index in [2.05, 4.69) is 66.9 Å². The summed E-state index contributed by atoms with van der Waals surface area (Å²) in [7, 11) is 0. The number of tetrazole rings is 1. The van der Waals surface area contributed by atoms with Gasteiger partial charge in [0.05, 0.1) is 16.2 Å². The lowest BCUT2D eigenvalue weighted by Gasteiger charge is -2.20. The van der Waals surface area contributed by atoms with Crippen molar-refractivity contribution in [2.24, 2.45) is 5.92 Å². The van der Waals surface area contributed by atoms with E-state index in [0.717, 1.165) is 48.9 Å². The van der Waals surface area contributed by atoms with Gasteiger partial charge in [0.15, 0.2) is 5.82 Å². The van der Waals surface area contributed by atoms with Crippen molar-refractivity contribution >= 4 is 38.9 Å². The van der Waals surface area contributed by atoms with Crippen LogP contribution in [0.4, 0.5) is 4.79 Å². The molecule has 11 heteroatoms. The molecular weight excluding hydrogens is 528 g/mol. The number of halogens is 1. The number of nitrogens with zero attached hydrogens (tertiary/aromatic N) is 4. The van der Waals surface area contributed by atoms with Crippen LogP contribution in [0.25, 0.3) is 44.7 Å².